The van der Waals surface area contributed by atoms with Gasteiger partial charge in [-0.25, -0.2) is 4.79 Å². The first-order valence-electron chi connectivity index (χ1n) is 7.22. The number of benzene rings is 1. The van der Waals surface area contributed by atoms with Crippen LogP contribution >= 0.6 is 0 Å². The van der Waals surface area contributed by atoms with E-state index in [0.717, 1.165) is 16.8 Å². The molecule has 2 rings (SSSR count). The molecule has 24 heavy (non-hydrogen) atoms. The van der Waals surface area contributed by atoms with Crippen molar-refractivity contribution in [2.45, 2.75) is 25.9 Å². The molecule has 2 N–H and O–H groups in total. The first-order valence-corrected chi connectivity index (χ1v) is 8.66. The number of hydrogen-bond acceptors (Lipinski definition) is 3. The highest BCUT2D eigenvalue weighted by Crippen LogP contribution is 2.32. The molecule has 134 valence electrons. The number of anilines is 1. The second-order valence-corrected chi connectivity index (χ2v) is 7.49. The fraction of sp³-hybridized carbons (Fsp3) is 0.500. The Morgan fingerprint density at radius 2 is 2.00 bits per heavy atom. The van der Waals surface area contributed by atoms with Gasteiger partial charge in [-0.05, 0) is 37.0 Å². The number of rotatable bonds is 4. The number of nitrogens with one attached hydrogen (secondary N) is 1. The molecule has 1 fully saturated rings. The number of carboxylic acid groups (broad SMARTS) is 1. The van der Waals surface area contributed by atoms with Crippen molar-refractivity contribution in [2.75, 3.05) is 17.8 Å². The molecule has 0 bridgehead atoms. The monoisotopic (exact) mass is 366 g/mol. The van der Waals surface area contributed by atoms with Crippen LogP contribution in [0.15, 0.2) is 18.2 Å². The zero-order chi connectivity index (χ0) is 18.1. The van der Waals surface area contributed by atoms with Crippen LogP contribution in [0.5, 0.6) is 0 Å². The van der Waals surface area contributed by atoms with E-state index in [1.54, 1.807) is 0 Å². The van der Waals surface area contributed by atoms with E-state index in [1.807, 2.05) is 6.92 Å². The van der Waals surface area contributed by atoms with E-state index in [1.165, 1.54) is 0 Å². The molecular weight excluding hydrogens is 349 g/mol. The summed E-state index contributed by atoms with van der Waals surface area (Å²) in [5.41, 5.74) is -2.30. The van der Waals surface area contributed by atoms with E-state index in [2.05, 4.69) is 4.72 Å². The lowest BCUT2D eigenvalue weighted by Gasteiger charge is -2.30. The van der Waals surface area contributed by atoms with Crippen molar-refractivity contribution < 1.29 is 31.5 Å². The third-order valence-electron chi connectivity index (χ3n) is 3.71. The molecule has 6 nitrogen and oxygen atoms in total. The molecule has 1 aliphatic heterocycles. The van der Waals surface area contributed by atoms with Crippen LogP contribution in [0.2, 0.25) is 0 Å². The highest BCUT2D eigenvalue weighted by molar-refractivity contribution is 7.90. The Bertz CT molecular complexity index is 734. The van der Waals surface area contributed by atoms with Gasteiger partial charge in [0.1, 0.15) is 0 Å². The lowest BCUT2D eigenvalue weighted by atomic mass is 10.0. The summed E-state index contributed by atoms with van der Waals surface area (Å²) < 4.78 is 66.5. The Hall–Kier alpha value is -1.81. The normalized spacial score (nSPS) is 19.9. The minimum atomic E-state index is -4.79. The summed E-state index contributed by atoms with van der Waals surface area (Å²) >= 11 is 0. The summed E-state index contributed by atoms with van der Waals surface area (Å²) in [5, 5.41) is 8.93. The van der Waals surface area contributed by atoms with E-state index in [-0.39, 0.29) is 19.0 Å². The van der Waals surface area contributed by atoms with Crippen molar-refractivity contribution in [3.8, 4) is 0 Å². The molecule has 0 aliphatic carbocycles. The molecule has 1 unspecified atom stereocenters. The molecule has 1 saturated heterocycles. The van der Waals surface area contributed by atoms with Crippen LogP contribution in [0.25, 0.3) is 0 Å². The second-order valence-electron chi connectivity index (χ2n) is 5.81. The van der Waals surface area contributed by atoms with E-state index in [0.29, 0.717) is 18.6 Å². The van der Waals surface area contributed by atoms with Gasteiger partial charge in [0.2, 0.25) is 0 Å². The van der Waals surface area contributed by atoms with Crippen molar-refractivity contribution in [2.24, 2.45) is 5.92 Å². The van der Waals surface area contributed by atoms with Crippen LogP contribution < -0.4 is 4.72 Å². The third-order valence-corrected chi connectivity index (χ3v) is 5.22. The summed E-state index contributed by atoms with van der Waals surface area (Å²) in [5.74, 6) is -1.43. The first kappa shape index (κ1) is 18.5. The Morgan fingerprint density at radius 3 is 2.54 bits per heavy atom. The van der Waals surface area contributed by atoms with Gasteiger partial charge in [-0.15, -0.1) is 0 Å². The molecule has 1 aliphatic rings. The maximum atomic E-state index is 12.9. The van der Waals surface area contributed by atoms with Gasteiger partial charge in [0.25, 0.3) is 0 Å². The van der Waals surface area contributed by atoms with Crippen molar-refractivity contribution in [1.29, 1.82) is 0 Å². The average molecular weight is 366 g/mol. The van der Waals surface area contributed by atoms with E-state index >= 15 is 0 Å². The molecule has 0 amide bonds. The van der Waals surface area contributed by atoms with E-state index in [4.69, 9.17) is 5.11 Å². The zero-order valence-electron chi connectivity index (χ0n) is 12.8. The Balaban J connectivity index is 2.34. The Kier molecular flexibility index (Phi) is 5.09. The molecule has 1 aromatic rings. The zero-order valence-corrected chi connectivity index (χ0v) is 13.6. The van der Waals surface area contributed by atoms with Crippen molar-refractivity contribution >= 4 is 21.9 Å². The van der Waals surface area contributed by atoms with Crippen molar-refractivity contribution in [3.63, 3.8) is 0 Å². The van der Waals surface area contributed by atoms with Gasteiger partial charge < -0.3 is 5.11 Å². The van der Waals surface area contributed by atoms with Crippen LogP contribution in [0, 0.1) is 5.92 Å². The van der Waals surface area contributed by atoms with Crippen LogP contribution in [0.4, 0.5) is 18.9 Å². The summed E-state index contributed by atoms with van der Waals surface area (Å²) in [6.07, 6.45) is -3.25. The predicted octanol–water partition coefficient (Wildman–Crippen LogP) is 2.79. The highest BCUT2D eigenvalue weighted by atomic mass is 32.2. The maximum absolute atomic E-state index is 12.9. The topological polar surface area (TPSA) is 86.7 Å². The van der Waals surface area contributed by atoms with Gasteiger partial charge in [0, 0.05) is 13.1 Å². The standard InChI is InChI=1S/C14H17F3N2O4S/c1-9-3-2-4-19(8-9)24(22,23)18-12-6-10(13(20)21)5-11(7-12)14(15,16)17/h5-7,9,18H,2-4,8H2,1H3,(H,20,21). The molecule has 0 radical (unpaired) electrons. The van der Waals surface area contributed by atoms with Crippen LogP contribution in [-0.4, -0.2) is 36.9 Å². The number of nitrogens with zero attached hydrogens (tertiary/aromatic N) is 1. The fourth-order valence-electron chi connectivity index (χ4n) is 2.55. The largest absolute Gasteiger partial charge is 0.478 e. The molecule has 1 aromatic carbocycles. The quantitative estimate of drug-likeness (QED) is 0.858. The number of halogens is 3. The fourth-order valence-corrected chi connectivity index (χ4v) is 3.92. The van der Waals surface area contributed by atoms with Gasteiger partial charge in [-0.3, -0.25) is 4.72 Å². The maximum Gasteiger partial charge on any atom is 0.416 e. The van der Waals surface area contributed by atoms with Crippen molar-refractivity contribution in [1.82, 2.24) is 4.31 Å². The number of alkyl halides is 3. The molecule has 1 atom stereocenters. The van der Waals surface area contributed by atoms with E-state index in [9.17, 15) is 26.4 Å². The molecule has 0 spiro atoms. The van der Waals surface area contributed by atoms with Crippen LogP contribution in [0.3, 0.4) is 0 Å². The molecule has 10 heteroatoms. The number of aromatic carboxylic acids is 1. The summed E-state index contributed by atoms with van der Waals surface area (Å²) in [4.78, 5) is 11.0. The van der Waals surface area contributed by atoms with Gasteiger partial charge in [-0.2, -0.15) is 25.9 Å². The number of carbonyl (C=O) groups is 1. The predicted molar refractivity (Wildman–Crippen MR) is 80.9 cm³/mol. The minimum Gasteiger partial charge on any atom is -0.478 e. The van der Waals surface area contributed by atoms with Crippen molar-refractivity contribution in [3.05, 3.63) is 29.3 Å². The first-order chi connectivity index (χ1) is 11.0. The highest BCUT2D eigenvalue weighted by Gasteiger charge is 2.33. The minimum absolute atomic E-state index is 0.145. The number of carboxylic acids is 1. The van der Waals surface area contributed by atoms with Gasteiger partial charge in [0.05, 0.1) is 16.8 Å². The van der Waals surface area contributed by atoms with E-state index < -0.39 is 39.2 Å². The van der Waals surface area contributed by atoms with Gasteiger partial charge in [-0.1, -0.05) is 6.92 Å². The lowest BCUT2D eigenvalue weighted by molar-refractivity contribution is -0.137. The Labute approximate surface area is 137 Å². The number of piperidine rings is 1. The SMILES string of the molecule is CC1CCCN(S(=O)(=O)Nc2cc(C(=O)O)cc(C(F)(F)F)c2)C1. The lowest BCUT2D eigenvalue weighted by Crippen LogP contribution is -2.42. The smallest absolute Gasteiger partial charge is 0.416 e. The van der Waals surface area contributed by atoms with Crippen LogP contribution in [0.1, 0.15) is 35.7 Å². The summed E-state index contributed by atoms with van der Waals surface area (Å²) in [7, 11) is -4.05. The number of hydrogen-bond donors (Lipinski definition) is 2. The molecule has 0 aromatic heterocycles. The third kappa shape index (κ3) is 4.38. The molecule has 1 heterocycles. The van der Waals surface area contributed by atoms with Gasteiger partial charge in [0.15, 0.2) is 0 Å². The molecule has 0 saturated carbocycles. The molecular formula is C14H17F3N2O4S. The Morgan fingerprint density at radius 1 is 1.33 bits per heavy atom. The average Bonchev–Trinajstić information content (AvgIpc) is 2.45. The van der Waals surface area contributed by atoms with Gasteiger partial charge >= 0.3 is 22.4 Å². The summed E-state index contributed by atoms with van der Waals surface area (Å²) in [6, 6.07) is 1.91. The summed E-state index contributed by atoms with van der Waals surface area (Å²) in [6.45, 7) is 2.42. The van der Waals surface area contributed by atoms with Crippen LogP contribution in [-0.2, 0) is 16.4 Å². The second kappa shape index (κ2) is 6.60.